The van der Waals surface area contributed by atoms with Gasteiger partial charge >= 0.3 is 11.9 Å². The van der Waals surface area contributed by atoms with Gasteiger partial charge in [-0.3, -0.25) is 4.79 Å². The first-order valence-electron chi connectivity index (χ1n) is 6.66. The molecular formula is C16H18O5. The predicted octanol–water partition coefficient (Wildman–Crippen LogP) is 2.40. The van der Waals surface area contributed by atoms with Crippen LogP contribution in [-0.4, -0.2) is 30.9 Å². The number of benzene rings is 1. The molecule has 0 saturated carbocycles. The van der Waals surface area contributed by atoms with Gasteiger partial charge in [0.05, 0.1) is 18.8 Å². The lowest BCUT2D eigenvalue weighted by molar-refractivity contribution is -0.139. The highest BCUT2D eigenvalue weighted by atomic mass is 16.5. The van der Waals surface area contributed by atoms with Crippen molar-refractivity contribution in [3.05, 3.63) is 41.0 Å². The molecule has 5 heteroatoms. The Kier molecular flexibility index (Phi) is 6.33. The fraction of sp³-hybridized carbons (Fsp3) is 0.312. The van der Waals surface area contributed by atoms with Gasteiger partial charge in [-0.15, -0.1) is 0 Å². The zero-order valence-electron chi connectivity index (χ0n) is 12.3. The third kappa shape index (κ3) is 4.87. The molecule has 1 aromatic rings. The van der Waals surface area contributed by atoms with Crippen molar-refractivity contribution in [1.29, 1.82) is 0 Å². The molecule has 0 heterocycles. The molecule has 0 unspecified atom stereocenters. The zero-order valence-corrected chi connectivity index (χ0v) is 12.3. The summed E-state index contributed by atoms with van der Waals surface area (Å²) in [5.41, 5.74) is 0.856. The third-order valence-electron chi connectivity index (χ3n) is 2.58. The Labute approximate surface area is 123 Å². The quantitative estimate of drug-likeness (QED) is 0.348. The Morgan fingerprint density at radius 2 is 1.76 bits per heavy atom. The van der Waals surface area contributed by atoms with Crippen molar-refractivity contribution < 1.29 is 23.9 Å². The van der Waals surface area contributed by atoms with E-state index in [1.807, 2.05) is 0 Å². The maximum absolute atomic E-state index is 11.7. The topological polar surface area (TPSA) is 69.7 Å². The van der Waals surface area contributed by atoms with Crippen LogP contribution in [0.3, 0.4) is 0 Å². The van der Waals surface area contributed by atoms with Crippen molar-refractivity contribution in [3.63, 3.8) is 0 Å². The van der Waals surface area contributed by atoms with E-state index in [1.54, 1.807) is 38.1 Å². The van der Waals surface area contributed by atoms with Crippen LogP contribution >= 0.6 is 0 Å². The molecule has 0 bridgehead atoms. The van der Waals surface area contributed by atoms with Crippen molar-refractivity contribution in [1.82, 2.24) is 0 Å². The molecular weight excluding hydrogens is 272 g/mol. The Morgan fingerprint density at radius 3 is 2.33 bits per heavy atom. The number of Topliss-reactive ketones (excluding diaryl/α,β-unsaturated/α-hetero) is 1. The predicted molar refractivity (Wildman–Crippen MR) is 77.7 cm³/mol. The number of hydrogen-bond acceptors (Lipinski definition) is 5. The van der Waals surface area contributed by atoms with E-state index in [9.17, 15) is 14.4 Å². The number of ether oxygens (including phenoxy) is 2. The van der Waals surface area contributed by atoms with Gasteiger partial charge in [-0.25, -0.2) is 9.59 Å². The smallest absolute Gasteiger partial charge is 0.341 e. The lowest BCUT2D eigenvalue weighted by atomic mass is 10.1. The largest absolute Gasteiger partial charge is 0.462 e. The van der Waals surface area contributed by atoms with Gasteiger partial charge in [0.15, 0.2) is 5.78 Å². The van der Waals surface area contributed by atoms with E-state index in [1.165, 1.54) is 13.0 Å². The fourth-order valence-corrected chi connectivity index (χ4v) is 1.65. The first-order valence-corrected chi connectivity index (χ1v) is 6.66. The number of esters is 2. The molecule has 0 spiro atoms. The number of carbonyl (C=O) groups is 3. The van der Waals surface area contributed by atoms with Crippen molar-refractivity contribution in [2.75, 3.05) is 13.2 Å². The Balaban J connectivity index is 3.11. The minimum absolute atomic E-state index is 0.0575. The summed E-state index contributed by atoms with van der Waals surface area (Å²) >= 11 is 0. The summed E-state index contributed by atoms with van der Waals surface area (Å²) in [5, 5.41) is 0. The van der Waals surface area contributed by atoms with E-state index < -0.39 is 17.7 Å². The monoisotopic (exact) mass is 290 g/mol. The maximum Gasteiger partial charge on any atom is 0.341 e. The lowest BCUT2D eigenvalue weighted by Crippen LogP contribution is -2.13. The van der Waals surface area contributed by atoms with E-state index in [4.69, 9.17) is 9.47 Å². The summed E-state index contributed by atoms with van der Waals surface area (Å²) in [5.74, 6) is -1.52. The molecule has 1 rings (SSSR count). The number of rotatable bonds is 6. The first-order chi connectivity index (χ1) is 9.99. The molecule has 0 aliphatic heterocycles. The number of carbonyl (C=O) groups excluding carboxylic acids is 3. The summed E-state index contributed by atoms with van der Waals surface area (Å²) in [6.45, 7) is 5.14. The van der Waals surface area contributed by atoms with Crippen molar-refractivity contribution in [2.24, 2.45) is 0 Å². The second kappa shape index (κ2) is 7.99. The molecule has 5 nitrogen and oxygen atoms in total. The van der Waals surface area contributed by atoms with Crippen LogP contribution in [0, 0.1) is 0 Å². The van der Waals surface area contributed by atoms with Crippen molar-refractivity contribution in [3.8, 4) is 0 Å². The van der Waals surface area contributed by atoms with Gasteiger partial charge in [0.1, 0.15) is 5.57 Å². The van der Waals surface area contributed by atoms with Crippen LogP contribution in [0.4, 0.5) is 0 Å². The second-order valence-electron chi connectivity index (χ2n) is 4.18. The minimum Gasteiger partial charge on any atom is -0.462 e. The SMILES string of the molecule is CCOC(=O)/C(=C/c1cccc(C(=O)OCC)c1)C(C)=O. The van der Waals surface area contributed by atoms with Crippen LogP contribution in [0.15, 0.2) is 29.8 Å². The van der Waals surface area contributed by atoms with E-state index in [0.29, 0.717) is 11.1 Å². The molecule has 112 valence electrons. The lowest BCUT2D eigenvalue weighted by Gasteiger charge is -2.05. The van der Waals surface area contributed by atoms with Gasteiger partial charge < -0.3 is 9.47 Å². The van der Waals surface area contributed by atoms with E-state index >= 15 is 0 Å². The van der Waals surface area contributed by atoms with Gasteiger partial charge in [0, 0.05) is 0 Å². The van der Waals surface area contributed by atoms with Gasteiger partial charge in [-0.2, -0.15) is 0 Å². The van der Waals surface area contributed by atoms with E-state index in [-0.39, 0.29) is 18.8 Å². The van der Waals surface area contributed by atoms with E-state index in [2.05, 4.69) is 0 Å². The van der Waals surface area contributed by atoms with Crippen LogP contribution < -0.4 is 0 Å². The Hall–Kier alpha value is -2.43. The van der Waals surface area contributed by atoms with Crippen LogP contribution in [0.25, 0.3) is 6.08 Å². The van der Waals surface area contributed by atoms with Crippen LogP contribution in [0.5, 0.6) is 0 Å². The van der Waals surface area contributed by atoms with Gasteiger partial charge in [-0.1, -0.05) is 12.1 Å². The van der Waals surface area contributed by atoms with Gasteiger partial charge in [0.2, 0.25) is 0 Å². The molecule has 0 N–H and O–H groups in total. The highest BCUT2D eigenvalue weighted by Crippen LogP contribution is 2.13. The summed E-state index contributed by atoms with van der Waals surface area (Å²) < 4.78 is 9.74. The van der Waals surface area contributed by atoms with Crippen LogP contribution in [0.2, 0.25) is 0 Å². The maximum atomic E-state index is 11.7. The molecule has 0 saturated heterocycles. The molecule has 0 fully saturated rings. The molecule has 0 aromatic heterocycles. The second-order valence-corrected chi connectivity index (χ2v) is 4.18. The normalized spacial score (nSPS) is 10.9. The third-order valence-corrected chi connectivity index (χ3v) is 2.58. The summed E-state index contributed by atoms with van der Waals surface area (Å²) in [6.07, 6.45) is 1.41. The summed E-state index contributed by atoms with van der Waals surface area (Å²) in [4.78, 5) is 34.9. The molecule has 0 amide bonds. The summed E-state index contributed by atoms with van der Waals surface area (Å²) in [6, 6.07) is 6.50. The number of ketones is 1. The van der Waals surface area contributed by atoms with Gasteiger partial charge in [-0.05, 0) is 44.5 Å². The highest BCUT2D eigenvalue weighted by Gasteiger charge is 2.16. The van der Waals surface area contributed by atoms with Crippen molar-refractivity contribution >= 4 is 23.8 Å². The molecule has 0 aliphatic rings. The summed E-state index contributed by atoms with van der Waals surface area (Å²) in [7, 11) is 0. The molecule has 0 aliphatic carbocycles. The standard InChI is InChI=1S/C16H18O5/c1-4-20-15(18)13-8-6-7-12(9-13)10-14(11(3)17)16(19)21-5-2/h6-10H,4-5H2,1-3H3/b14-10+. The zero-order chi connectivity index (χ0) is 15.8. The van der Waals surface area contributed by atoms with Gasteiger partial charge in [0.25, 0.3) is 0 Å². The Bertz CT molecular complexity index is 572. The minimum atomic E-state index is -0.675. The van der Waals surface area contributed by atoms with E-state index in [0.717, 1.165) is 0 Å². The Morgan fingerprint density at radius 1 is 1.10 bits per heavy atom. The molecule has 0 radical (unpaired) electrons. The number of hydrogen-bond donors (Lipinski definition) is 0. The van der Waals surface area contributed by atoms with Crippen LogP contribution in [0.1, 0.15) is 36.7 Å². The fourth-order valence-electron chi connectivity index (χ4n) is 1.65. The average molecular weight is 290 g/mol. The average Bonchev–Trinajstić information content (AvgIpc) is 2.45. The highest BCUT2D eigenvalue weighted by molar-refractivity contribution is 6.19. The molecule has 0 atom stereocenters. The molecule has 21 heavy (non-hydrogen) atoms. The molecule has 1 aromatic carbocycles. The van der Waals surface area contributed by atoms with Crippen LogP contribution in [-0.2, 0) is 19.1 Å². The van der Waals surface area contributed by atoms with Crippen molar-refractivity contribution in [2.45, 2.75) is 20.8 Å². The first kappa shape index (κ1) is 16.6.